The Bertz CT molecular complexity index is 1220. The molecule has 0 saturated heterocycles. The molecule has 1 heterocycles. The third-order valence-electron chi connectivity index (χ3n) is 7.35. The molecule has 2 N–H and O–H groups in total. The first kappa shape index (κ1) is 26.6. The van der Waals surface area contributed by atoms with E-state index in [-0.39, 0.29) is 23.4 Å². The quantitative estimate of drug-likeness (QED) is 0.465. The number of nitrogens with two attached hydrogens (primary N) is 1. The van der Waals surface area contributed by atoms with Crippen LogP contribution >= 0.6 is 11.6 Å². The average molecular weight is 532 g/mol. The molecule has 36 heavy (non-hydrogen) atoms. The highest BCUT2D eigenvalue weighted by atomic mass is 35.5. The molecule has 2 aliphatic rings. The summed E-state index contributed by atoms with van der Waals surface area (Å²) in [6.07, 6.45) is 4.84. The number of carbonyl (C=O) groups excluding carboxylic acids is 2. The molecule has 0 unspecified atom stereocenters. The molecule has 0 spiro atoms. The van der Waals surface area contributed by atoms with Crippen LogP contribution in [0.1, 0.15) is 67.4 Å². The standard InChI is InChI=1S/C27H34ClN3O4S/c1-3-22(4-2)30-14-13-20-15-19(7-12-24(20)27(30)33)17-31(25(26(29)32)16-18-5-6-18)36(34,35)23-10-8-21(28)9-11-23/h7-12,15,18,22,25H,3-6,13-14,16-17H2,1-2H3,(H2,29,32)/t25-/m1/s1. The summed E-state index contributed by atoms with van der Waals surface area (Å²) in [4.78, 5) is 27.7. The van der Waals surface area contributed by atoms with Crippen LogP contribution in [0.4, 0.5) is 0 Å². The smallest absolute Gasteiger partial charge is 0.254 e. The van der Waals surface area contributed by atoms with Crippen LogP contribution in [0, 0.1) is 5.92 Å². The molecule has 0 radical (unpaired) electrons. The lowest BCUT2D eigenvalue weighted by molar-refractivity contribution is -0.122. The van der Waals surface area contributed by atoms with Crippen molar-refractivity contribution in [2.45, 2.75) is 75.9 Å². The molecule has 2 aromatic rings. The highest BCUT2D eigenvalue weighted by molar-refractivity contribution is 7.89. The largest absolute Gasteiger partial charge is 0.368 e. The van der Waals surface area contributed by atoms with Crippen molar-refractivity contribution in [3.8, 4) is 0 Å². The lowest BCUT2D eigenvalue weighted by Crippen LogP contribution is -2.47. The van der Waals surface area contributed by atoms with Crippen molar-refractivity contribution in [2.24, 2.45) is 11.7 Å². The topological polar surface area (TPSA) is 101 Å². The van der Waals surface area contributed by atoms with Crippen LogP contribution in [0.2, 0.25) is 5.02 Å². The highest BCUT2D eigenvalue weighted by Crippen LogP contribution is 2.36. The van der Waals surface area contributed by atoms with Crippen LogP contribution in [-0.2, 0) is 27.8 Å². The number of hydrogen-bond donors (Lipinski definition) is 1. The highest BCUT2D eigenvalue weighted by Gasteiger charge is 2.39. The molecule has 9 heteroatoms. The predicted octanol–water partition coefficient (Wildman–Crippen LogP) is 4.37. The van der Waals surface area contributed by atoms with Gasteiger partial charge in [-0.15, -0.1) is 0 Å². The molecule has 7 nitrogen and oxygen atoms in total. The number of carbonyl (C=O) groups is 2. The normalized spacial score (nSPS) is 16.9. The van der Waals surface area contributed by atoms with Crippen molar-refractivity contribution in [3.05, 3.63) is 64.2 Å². The van der Waals surface area contributed by atoms with Crippen molar-refractivity contribution in [1.82, 2.24) is 9.21 Å². The maximum absolute atomic E-state index is 13.7. The van der Waals surface area contributed by atoms with Crippen LogP contribution in [0.15, 0.2) is 47.4 Å². The second-order valence-corrected chi connectivity index (χ2v) is 12.1. The van der Waals surface area contributed by atoms with Crippen LogP contribution < -0.4 is 5.73 Å². The second kappa shape index (κ2) is 10.9. The fraction of sp³-hybridized carbons (Fsp3) is 0.481. The molecule has 1 aliphatic heterocycles. The third kappa shape index (κ3) is 5.61. The van der Waals surface area contributed by atoms with Gasteiger partial charge in [0.25, 0.3) is 5.91 Å². The number of fused-ring (bicyclic) bond motifs is 1. The molecular weight excluding hydrogens is 498 g/mol. The molecule has 194 valence electrons. The van der Waals surface area contributed by atoms with E-state index in [2.05, 4.69) is 13.8 Å². The van der Waals surface area contributed by atoms with Gasteiger partial charge in [-0.25, -0.2) is 8.42 Å². The van der Waals surface area contributed by atoms with Crippen LogP contribution in [0.25, 0.3) is 0 Å². The van der Waals surface area contributed by atoms with Gasteiger partial charge in [0.05, 0.1) is 4.90 Å². The van der Waals surface area contributed by atoms with Crippen molar-refractivity contribution in [2.75, 3.05) is 6.54 Å². The molecule has 1 atom stereocenters. The number of sulfonamides is 1. The lowest BCUT2D eigenvalue weighted by atomic mass is 9.94. The van der Waals surface area contributed by atoms with Gasteiger partial charge in [0.1, 0.15) is 6.04 Å². The zero-order valence-corrected chi connectivity index (χ0v) is 22.4. The summed E-state index contributed by atoms with van der Waals surface area (Å²) >= 11 is 5.98. The van der Waals surface area contributed by atoms with Crippen LogP contribution in [-0.4, -0.2) is 48.1 Å². The van der Waals surface area contributed by atoms with Crippen molar-refractivity contribution in [1.29, 1.82) is 0 Å². The van der Waals surface area contributed by atoms with Gasteiger partial charge in [-0.1, -0.05) is 50.4 Å². The van der Waals surface area contributed by atoms with E-state index in [1.807, 2.05) is 11.0 Å². The third-order valence-corrected chi connectivity index (χ3v) is 9.48. The summed E-state index contributed by atoms with van der Waals surface area (Å²) in [6, 6.07) is 10.6. The van der Waals surface area contributed by atoms with E-state index in [9.17, 15) is 18.0 Å². The minimum absolute atomic E-state index is 0.0109. The Balaban J connectivity index is 1.67. The first-order valence-electron chi connectivity index (χ1n) is 12.6. The maximum Gasteiger partial charge on any atom is 0.254 e. The Morgan fingerprint density at radius 3 is 2.39 bits per heavy atom. The first-order chi connectivity index (χ1) is 17.1. The summed E-state index contributed by atoms with van der Waals surface area (Å²) in [7, 11) is -4.04. The maximum atomic E-state index is 13.7. The summed E-state index contributed by atoms with van der Waals surface area (Å²) < 4.78 is 28.7. The van der Waals surface area contributed by atoms with Gasteiger partial charge in [-0.2, -0.15) is 4.31 Å². The van der Waals surface area contributed by atoms with Gasteiger partial charge in [0.15, 0.2) is 0 Å². The van der Waals surface area contributed by atoms with E-state index in [4.69, 9.17) is 17.3 Å². The molecule has 1 saturated carbocycles. The van der Waals surface area contributed by atoms with Gasteiger partial charge in [-0.05, 0) is 73.1 Å². The summed E-state index contributed by atoms with van der Waals surface area (Å²) in [5, 5.41) is 0.423. The molecule has 2 amide bonds. The Morgan fingerprint density at radius 1 is 1.14 bits per heavy atom. The predicted molar refractivity (Wildman–Crippen MR) is 140 cm³/mol. The molecule has 0 bridgehead atoms. The fourth-order valence-electron chi connectivity index (χ4n) is 5.07. The molecular formula is C27H34ClN3O4S. The SMILES string of the molecule is CCC(CC)N1CCc2cc(CN([C@H](CC3CC3)C(N)=O)S(=O)(=O)c3ccc(Cl)cc3)ccc2C1=O. The molecule has 1 aliphatic carbocycles. The Labute approximate surface area is 218 Å². The van der Waals surface area contributed by atoms with Gasteiger partial charge < -0.3 is 10.6 Å². The summed E-state index contributed by atoms with van der Waals surface area (Å²) in [6.45, 7) is 4.81. The van der Waals surface area contributed by atoms with Crippen molar-refractivity contribution < 1.29 is 18.0 Å². The van der Waals surface area contributed by atoms with E-state index < -0.39 is 22.0 Å². The van der Waals surface area contributed by atoms with E-state index in [0.29, 0.717) is 35.9 Å². The lowest BCUT2D eigenvalue weighted by Gasteiger charge is -2.35. The number of rotatable bonds is 11. The van der Waals surface area contributed by atoms with E-state index >= 15 is 0 Å². The number of nitrogens with zero attached hydrogens (tertiary/aromatic N) is 2. The van der Waals surface area contributed by atoms with E-state index in [1.165, 1.54) is 28.6 Å². The zero-order chi connectivity index (χ0) is 26.0. The van der Waals surface area contributed by atoms with Gasteiger partial charge in [0, 0.05) is 29.7 Å². The number of halogens is 1. The van der Waals surface area contributed by atoms with Gasteiger partial charge in [-0.3, -0.25) is 9.59 Å². The first-order valence-corrected chi connectivity index (χ1v) is 14.5. The minimum atomic E-state index is -4.04. The Morgan fingerprint density at radius 2 is 1.81 bits per heavy atom. The molecule has 2 aromatic carbocycles. The zero-order valence-electron chi connectivity index (χ0n) is 20.8. The number of amides is 2. The van der Waals surface area contributed by atoms with Gasteiger partial charge >= 0.3 is 0 Å². The van der Waals surface area contributed by atoms with E-state index in [1.54, 1.807) is 12.1 Å². The average Bonchev–Trinajstić information content (AvgIpc) is 3.67. The molecule has 1 fully saturated rings. The van der Waals surface area contributed by atoms with Crippen LogP contribution in [0.3, 0.4) is 0 Å². The molecule has 0 aromatic heterocycles. The number of benzene rings is 2. The molecule has 4 rings (SSSR count). The minimum Gasteiger partial charge on any atom is -0.368 e. The number of primary amides is 1. The Kier molecular flexibility index (Phi) is 8.07. The second-order valence-electron chi connectivity index (χ2n) is 9.81. The van der Waals surface area contributed by atoms with Crippen molar-refractivity contribution in [3.63, 3.8) is 0 Å². The number of hydrogen-bond acceptors (Lipinski definition) is 4. The van der Waals surface area contributed by atoms with Crippen LogP contribution in [0.5, 0.6) is 0 Å². The summed E-state index contributed by atoms with van der Waals surface area (Å²) in [5.74, 6) is -0.345. The van der Waals surface area contributed by atoms with E-state index in [0.717, 1.165) is 36.8 Å². The Hall–Kier alpha value is -2.42. The fourth-order valence-corrected chi connectivity index (χ4v) is 6.79. The van der Waals surface area contributed by atoms with Crippen molar-refractivity contribution >= 4 is 33.4 Å². The van der Waals surface area contributed by atoms with Gasteiger partial charge in [0.2, 0.25) is 15.9 Å². The summed E-state index contributed by atoms with van der Waals surface area (Å²) in [5.41, 5.74) is 8.03. The monoisotopic (exact) mass is 531 g/mol.